The lowest BCUT2D eigenvalue weighted by Gasteiger charge is -2.10. The smallest absolute Gasteiger partial charge is 0.294 e. The zero-order valence-electron chi connectivity index (χ0n) is 8.16. The predicted octanol–water partition coefficient (Wildman–Crippen LogP) is 4.20. The van der Waals surface area contributed by atoms with Gasteiger partial charge in [0.15, 0.2) is 5.78 Å². The topological polar surface area (TPSA) is 17.1 Å². The van der Waals surface area contributed by atoms with Crippen LogP contribution in [0.15, 0.2) is 16.6 Å². The molecule has 0 fully saturated rings. The highest BCUT2D eigenvalue weighted by molar-refractivity contribution is 9.10. The van der Waals surface area contributed by atoms with E-state index in [0.717, 1.165) is 0 Å². The van der Waals surface area contributed by atoms with E-state index in [2.05, 4.69) is 15.9 Å². The van der Waals surface area contributed by atoms with Gasteiger partial charge < -0.3 is 0 Å². The van der Waals surface area contributed by atoms with Crippen LogP contribution < -0.4 is 0 Å². The highest BCUT2D eigenvalue weighted by Crippen LogP contribution is 2.33. The Morgan fingerprint density at radius 2 is 1.94 bits per heavy atom. The van der Waals surface area contributed by atoms with Gasteiger partial charge >= 0.3 is 6.18 Å². The zero-order chi connectivity index (χ0) is 12.5. The van der Waals surface area contributed by atoms with Crippen LogP contribution in [0.2, 0.25) is 0 Å². The fraction of sp³-hybridized carbons (Fsp3) is 0.300. The highest BCUT2D eigenvalue weighted by Gasteiger charge is 2.32. The van der Waals surface area contributed by atoms with Gasteiger partial charge in [0, 0.05) is 12.0 Å². The normalized spacial score (nSPS) is 11.6. The molecule has 0 atom stereocenters. The van der Waals surface area contributed by atoms with Gasteiger partial charge in [-0.05, 0) is 28.1 Å². The maximum atomic E-state index is 13.2. The molecule has 0 aliphatic rings. The first-order valence-electron chi connectivity index (χ1n) is 4.36. The standard InChI is InChI=1S/C10H7BrF4O/c1-2-8(16)6-3-5(10(13,14)15)4-7(12)9(6)11/h3-4H,2H2,1H3. The minimum absolute atomic E-state index is 0.0132. The molecule has 1 aromatic rings. The minimum Gasteiger partial charge on any atom is -0.294 e. The molecule has 1 aromatic carbocycles. The summed E-state index contributed by atoms with van der Waals surface area (Å²) < 4.78 is 50.0. The Bertz CT molecular complexity index is 426. The second-order valence-electron chi connectivity index (χ2n) is 3.09. The van der Waals surface area contributed by atoms with E-state index in [-0.39, 0.29) is 16.5 Å². The van der Waals surface area contributed by atoms with Crippen molar-refractivity contribution in [2.24, 2.45) is 0 Å². The first-order valence-corrected chi connectivity index (χ1v) is 5.16. The maximum Gasteiger partial charge on any atom is 0.416 e. The van der Waals surface area contributed by atoms with Crippen molar-refractivity contribution in [1.29, 1.82) is 0 Å². The number of ketones is 1. The van der Waals surface area contributed by atoms with Crippen LogP contribution in [0.1, 0.15) is 29.3 Å². The summed E-state index contributed by atoms with van der Waals surface area (Å²) in [5.74, 6) is -1.64. The number of Topliss-reactive ketones (excluding diaryl/α,β-unsaturated/α-hetero) is 1. The van der Waals surface area contributed by atoms with Gasteiger partial charge in [-0.3, -0.25) is 4.79 Å². The van der Waals surface area contributed by atoms with Crippen molar-refractivity contribution in [3.8, 4) is 0 Å². The van der Waals surface area contributed by atoms with Crippen LogP contribution in [-0.2, 0) is 6.18 Å². The Morgan fingerprint density at radius 1 is 1.38 bits per heavy atom. The molecule has 0 aromatic heterocycles. The van der Waals surface area contributed by atoms with Crippen LogP contribution in [0.3, 0.4) is 0 Å². The van der Waals surface area contributed by atoms with Gasteiger partial charge in [0.2, 0.25) is 0 Å². The van der Waals surface area contributed by atoms with Gasteiger partial charge in [-0.25, -0.2) is 4.39 Å². The summed E-state index contributed by atoms with van der Waals surface area (Å²) in [4.78, 5) is 11.3. The summed E-state index contributed by atoms with van der Waals surface area (Å²) in [7, 11) is 0. The van der Waals surface area contributed by atoms with Gasteiger partial charge in [0.05, 0.1) is 10.0 Å². The predicted molar refractivity (Wildman–Crippen MR) is 53.7 cm³/mol. The Hall–Kier alpha value is -0.910. The summed E-state index contributed by atoms with van der Waals surface area (Å²) in [6, 6.07) is 1.01. The van der Waals surface area contributed by atoms with E-state index in [9.17, 15) is 22.4 Å². The van der Waals surface area contributed by atoms with Crippen molar-refractivity contribution in [3.05, 3.63) is 33.5 Å². The van der Waals surface area contributed by atoms with Crippen LogP contribution in [0.4, 0.5) is 17.6 Å². The second kappa shape index (κ2) is 4.53. The quantitative estimate of drug-likeness (QED) is 0.591. The Morgan fingerprint density at radius 3 is 2.38 bits per heavy atom. The van der Waals surface area contributed by atoms with Crippen molar-refractivity contribution in [2.45, 2.75) is 19.5 Å². The molecule has 0 radical (unpaired) electrons. The van der Waals surface area contributed by atoms with Crippen LogP contribution in [0, 0.1) is 5.82 Å². The number of carbonyl (C=O) groups excluding carboxylic acids is 1. The third kappa shape index (κ3) is 2.61. The van der Waals surface area contributed by atoms with Crippen molar-refractivity contribution in [2.75, 3.05) is 0 Å². The summed E-state index contributed by atoms with van der Waals surface area (Å²) >= 11 is 2.76. The molecule has 0 aliphatic heterocycles. The van der Waals surface area contributed by atoms with Gasteiger partial charge in [-0.15, -0.1) is 0 Å². The molecule has 88 valence electrons. The van der Waals surface area contributed by atoms with E-state index >= 15 is 0 Å². The molecule has 0 unspecified atom stereocenters. The van der Waals surface area contributed by atoms with Crippen molar-refractivity contribution in [1.82, 2.24) is 0 Å². The molecular weight excluding hydrogens is 292 g/mol. The number of hydrogen-bond acceptors (Lipinski definition) is 1. The third-order valence-corrected chi connectivity index (χ3v) is 2.78. The first-order chi connectivity index (χ1) is 7.27. The number of carbonyl (C=O) groups is 1. The van der Waals surface area contributed by atoms with Crippen LogP contribution in [-0.4, -0.2) is 5.78 Å². The van der Waals surface area contributed by atoms with Gasteiger partial charge in [-0.2, -0.15) is 13.2 Å². The lowest BCUT2D eigenvalue weighted by Crippen LogP contribution is -2.09. The largest absolute Gasteiger partial charge is 0.416 e. The molecule has 6 heteroatoms. The van der Waals surface area contributed by atoms with E-state index in [4.69, 9.17) is 0 Å². The Labute approximate surface area is 97.6 Å². The number of alkyl halides is 3. The van der Waals surface area contributed by atoms with Gasteiger partial charge in [-0.1, -0.05) is 6.92 Å². The molecule has 0 saturated carbocycles. The summed E-state index contributed by atoms with van der Waals surface area (Å²) in [5.41, 5.74) is -1.44. The van der Waals surface area contributed by atoms with E-state index in [1.807, 2.05) is 0 Å². The monoisotopic (exact) mass is 298 g/mol. The fourth-order valence-electron chi connectivity index (χ4n) is 1.15. The molecule has 0 heterocycles. The lowest BCUT2D eigenvalue weighted by atomic mass is 10.1. The molecule has 0 bridgehead atoms. The summed E-state index contributed by atoms with van der Waals surface area (Å²) in [6.45, 7) is 1.49. The fourth-order valence-corrected chi connectivity index (χ4v) is 1.60. The summed E-state index contributed by atoms with van der Waals surface area (Å²) in [5, 5.41) is 0. The molecule has 0 aliphatic carbocycles. The van der Waals surface area contributed by atoms with Crippen molar-refractivity contribution in [3.63, 3.8) is 0 Å². The molecule has 0 spiro atoms. The van der Waals surface area contributed by atoms with Crippen LogP contribution in [0.25, 0.3) is 0 Å². The Balaban J connectivity index is 3.39. The number of hydrogen-bond donors (Lipinski definition) is 0. The van der Waals surface area contributed by atoms with E-state index in [1.165, 1.54) is 6.92 Å². The van der Waals surface area contributed by atoms with Crippen LogP contribution in [0.5, 0.6) is 0 Å². The molecule has 0 N–H and O–H groups in total. The zero-order valence-corrected chi connectivity index (χ0v) is 9.75. The third-order valence-electron chi connectivity index (χ3n) is 1.98. The highest BCUT2D eigenvalue weighted by atomic mass is 79.9. The molecule has 0 amide bonds. The van der Waals surface area contributed by atoms with Gasteiger partial charge in [0.25, 0.3) is 0 Å². The lowest BCUT2D eigenvalue weighted by molar-refractivity contribution is -0.137. The first kappa shape index (κ1) is 13.2. The summed E-state index contributed by atoms with van der Waals surface area (Å²) in [6.07, 6.45) is -4.65. The molecule has 16 heavy (non-hydrogen) atoms. The van der Waals surface area contributed by atoms with Crippen molar-refractivity contribution < 1.29 is 22.4 Å². The maximum absolute atomic E-state index is 13.2. The molecular formula is C10H7BrF4O. The number of rotatable bonds is 2. The SMILES string of the molecule is CCC(=O)c1cc(C(F)(F)F)cc(F)c1Br. The van der Waals surface area contributed by atoms with Crippen LogP contribution >= 0.6 is 15.9 Å². The molecule has 0 saturated heterocycles. The van der Waals surface area contributed by atoms with Gasteiger partial charge in [0.1, 0.15) is 5.82 Å². The number of benzene rings is 1. The van der Waals surface area contributed by atoms with Crippen molar-refractivity contribution >= 4 is 21.7 Å². The molecule has 1 nitrogen and oxygen atoms in total. The number of halogens is 5. The average Bonchev–Trinajstić information content (AvgIpc) is 2.19. The van der Waals surface area contributed by atoms with E-state index in [1.54, 1.807) is 0 Å². The average molecular weight is 299 g/mol. The second-order valence-corrected chi connectivity index (χ2v) is 3.89. The molecule has 1 rings (SSSR count). The minimum atomic E-state index is -4.66. The van der Waals surface area contributed by atoms with E-state index < -0.39 is 23.3 Å². The Kier molecular flexibility index (Phi) is 3.72. The van der Waals surface area contributed by atoms with E-state index in [0.29, 0.717) is 12.1 Å².